The van der Waals surface area contributed by atoms with Crippen molar-refractivity contribution in [2.45, 2.75) is 19.4 Å². The number of morpholine rings is 1. The third-order valence-corrected chi connectivity index (χ3v) is 4.31. The van der Waals surface area contributed by atoms with E-state index in [4.69, 9.17) is 10.5 Å². The molecule has 0 bridgehead atoms. The van der Waals surface area contributed by atoms with E-state index >= 15 is 0 Å². The first-order valence-electron chi connectivity index (χ1n) is 4.87. The predicted molar refractivity (Wildman–Crippen MR) is 54.4 cm³/mol. The summed E-state index contributed by atoms with van der Waals surface area (Å²) < 4.78 is 30.0. The first-order chi connectivity index (χ1) is 6.56. The molecule has 5 nitrogen and oxygen atoms in total. The molecule has 1 rings (SSSR count). The second-order valence-electron chi connectivity index (χ2n) is 3.46. The van der Waals surface area contributed by atoms with Crippen molar-refractivity contribution in [3.8, 4) is 0 Å². The summed E-state index contributed by atoms with van der Waals surface area (Å²) in [4.78, 5) is 0. The van der Waals surface area contributed by atoms with Gasteiger partial charge in [-0.1, -0.05) is 6.92 Å². The minimum Gasteiger partial charge on any atom is -0.379 e. The van der Waals surface area contributed by atoms with E-state index in [1.54, 1.807) is 0 Å². The van der Waals surface area contributed by atoms with Gasteiger partial charge in [-0.05, 0) is 6.42 Å². The molecule has 84 valence electrons. The molecule has 0 aromatic rings. The molecule has 0 aliphatic carbocycles. The van der Waals surface area contributed by atoms with E-state index in [9.17, 15) is 8.42 Å². The third kappa shape index (κ3) is 3.20. The lowest BCUT2D eigenvalue weighted by molar-refractivity contribution is 0.0730. The van der Waals surface area contributed by atoms with Gasteiger partial charge in [-0.25, -0.2) is 8.42 Å². The standard InChI is InChI=1S/C8H18N2O3S/c1-2-8(9)7-14(11,12)10-3-5-13-6-4-10/h8H,2-7,9H2,1H3. The van der Waals surface area contributed by atoms with Crippen LogP contribution < -0.4 is 5.73 Å². The van der Waals surface area contributed by atoms with E-state index in [2.05, 4.69) is 0 Å². The second kappa shape index (κ2) is 5.06. The monoisotopic (exact) mass is 222 g/mol. The van der Waals surface area contributed by atoms with Crippen molar-refractivity contribution in [3.63, 3.8) is 0 Å². The highest BCUT2D eigenvalue weighted by molar-refractivity contribution is 7.89. The number of ether oxygens (including phenoxy) is 1. The summed E-state index contributed by atoms with van der Waals surface area (Å²) in [6.45, 7) is 3.78. The average molecular weight is 222 g/mol. The lowest BCUT2D eigenvalue weighted by Crippen LogP contribution is -2.45. The van der Waals surface area contributed by atoms with Crippen LogP contribution in [0.5, 0.6) is 0 Å². The smallest absolute Gasteiger partial charge is 0.215 e. The van der Waals surface area contributed by atoms with Crippen LogP contribution in [0, 0.1) is 0 Å². The number of hydrogen-bond donors (Lipinski definition) is 1. The second-order valence-corrected chi connectivity index (χ2v) is 5.47. The van der Waals surface area contributed by atoms with E-state index < -0.39 is 10.0 Å². The van der Waals surface area contributed by atoms with Crippen LogP contribution in [0.2, 0.25) is 0 Å². The lowest BCUT2D eigenvalue weighted by atomic mass is 10.3. The van der Waals surface area contributed by atoms with Crippen molar-refractivity contribution in [1.82, 2.24) is 4.31 Å². The van der Waals surface area contributed by atoms with Crippen molar-refractivity contribution in [2.24, 2.45) is 5.73 Å². The largest absolute Gasteiger partial charge is 0.379 e. The molecule has 0 aromatic carbocycles. The van der Waals surface area contributed by atoms with Crippen LogP contribution in [-0.2, 0) is 14.8 Å². The van der Waals surface area contributed by atoms with Crippen molar-refractivity contribution in [3.05, 3.63) is 0 Å². The van der Waals surface area contributed by atoms with Gasteiger partial charge in [0.15, 0.2) is 0 Å². The Morgan fingerprint density at radius 2 is 2.00 bits per heavy atom. The zero-order valence-electron chi connectivity index (χ0n) is 8.48. The van der Waals surface area contributed by atoms with Gasteiger partial charge in [0.05, 0.1) is 19.0 Å². The number of nitrogens with two attached hydrogens (primary N) is 1. The van der Waals surface area contributed by atoms with Crippen LogP contribution in [0.15, 0.2) is 0 Å². The Kier molecular flexibility index (Phi) is 4.31. The van der Waals surface area contributed by atoms with Gasteiger partial charge in [0.2, 0.25) is 10.0 Å². The minimum atomic E-state index is -3.17. The fraction of sp³-hybridized carbons (Fsp3) is 1.00. The van der Waals surface area contributed by atoms with Crippen LogP contribution in [0.1, 0.15) is 13.3 Å². The topological polar surface area (TPSA) is 72.6 Å². The van der Waals surface area contributed by atoms with Crippen molar-refractivity contribution >= 4 is 10.0 Å². The van der Waals surface area contributed by atoms with E-state index in [1.165, 1.54) is 4.31 Å². The number of sulfonamides is 1. The molecule has 2 N–H and O–H groups in total. The maximum atomic E-state index is 11.7. The highest BCUT2D eigenvalue weighted by Gasteiger charge is 2.25. The molecule has 0 saturated carbocycles. The van der Waals surface area contributed by atoms with Gasteiger partial charge in [-0.15, -0.1) is 0 Å². The van der Waals surface area contributed by atoms with Gasteiger partial charge in [0, 0.05) is 19.1 Å². The first-order valence-corrected chi connectivity index (χ1v) is 6.48. The normalized spacial score (nSPS) is 22.1. The Morgan fingerprint density at radius 1 is 1.43 bits per heavy atom. The zero-order valence-corrected chi connectivity index (χ0v) is 9.29. The fourth-order valence-electron chi connectivity index (χ4n) is 1.32. The molecule has 1 heterocycles. The Labute approximate surface area is 85.3 Å². The molecule has 1 atom stereocenters. The third-order valence-electron chi connectivity index (χ3n) is 2.31. The van der Waals surface area contributed by atoms with Crippen LogP contribution in [0.25, 0.3) is 0 Å². The molecule has 0 spiro atoms. The molecular weight excluding hydrogens is 204 g/mol. The number of rotatable bonds is 4. The van der Waals surface area contributed by atoms with Crippen LogP contribution in [0.4, 0.5) is 0 Å². The summed E-state index contributed by atoms with van der Waals surface area (Å²) in [6.07, 6.45) is 0.684. The predicted octanol–water partition coefficient (Wildman–Crippen LogP) is -0.614. The molecular formula is C8H18N2O3S. The zero-order chi connectivity index (χ0) is 10.6. The van der Waals surface area contributed by atoms with Gasteiger partial charge in [-0.3, -0.25) is 0 Å². The lowest BCUT2D eigenvalue weighted by Gasteiger charge is -2.27. The van der Waals surface area contributed by atoms with Gasteiger partial charge < -0.3 is 10.5 Å². The molecule has 0 aromatic heterocycles. The maximum absolute atomic E-state index is 11.7. The molecule has 0 radical (unpaired) electrons. The summed E-state index contributed by atoms with van der Waals surface area (Å²) in [6, 6.07) is -0.261. The molecule has 6 heteroatoms. The Morgan fingerprint density at radius 3 is 2.50 bits per heavy atom. The number of hydrogen-bond acceptors (Lipinski definition) is 4. The van der Waals surface area contributed by atoms with Crippen molar-refractivity contribution in [2.75, 3.05) is 32.1 Å². The van der Waals surface area contributed by atoms with Crippen molar-refractivity contribution < 1.29 is 13.2 Å². The van der Waals surface area contributed by atoms with Crippen LogP contribution >= 0.6 is 0 Å². The van der Waals surface area contributed by atoms with Gasteiger partial charge in [-0.2, -0.15) is 4.31 Å². The molecule has 1 unspecified atom stereocenters. The van der Waals surface area contributed by atoms with E-state index in [1.807, 2.05) is 6.92 Å². The van der Waals surface area contributed by atoms with Crippen molar-refractivity contribution in [1.29, 1.82) is 0 Å². The van der Waals surface area contributed by atoms with Gasteiger partial charge >= 0.3 is 0 Å². The highest BCUT2D eigenvalue weighted by atomic mass is 32.2. The summed E-state index contributed by atoms with van der Waals surface area (Å²) in [5.41, 5.74) is 5.63. The SMILES string of the molecule is CCC(N)CS(=O)(=O)N1CCOCC1. The average Bonchev–Trinajstić information content (AvgIpc) is 2.18. The number of nitrogens with zero attached hydrogens (tertiary/aromatic N) is 1. The highest BCUT2D eigenvalue weighted by Crippen LogP contribution is 2.07. The van der Waals surface area contributed by atoms with E-state index in [-0.39, 0.29) is 11.8 Å². The summed E-state index contributed by atoms with van der Waals surface area (Å²) in [5, 5.41) is 0. The molecule has 0 amide bonds. The molecule has 1 saturated heterocycles. The minimum absolute atomic E-state index is 0.0451. The van der Waals surface area contributed by atoms with Crippen LogP contribution in [0.3, 0.4) is 0 Å². The molecule has 14 heavy (non-hydrogen) atoms. The fourth-order valence-corrected chi connectivity index (χ4v) is 3.01. The molecule has 1 aliphatic heterocycles. The quantitative estimate of drug-likeness (QED) is 0.688. The molecule has 1 fully saturated rings. The summed E-state index contributed by atoms with van der Waals surface area (Å²) >= 11 is 0. The Balaban J connectivity index is 2.54. The van der Waals surface area contributed by atoms with E-state index in [0.29, 0.717) is 32.7 Å². The Hall–Kier alpha value is -0.170. The summed E-state index contributed by atoms with van der Waals surface area (Å²) in [5.74, 6) is 0.0451. The summed E-state index contributed by atoms with van der Waals surface area (Å²) in [7, 11) is -3.17. The Bertz CT molecular complexity index is 260. The first kappa shape index (κ1) is 11.9. The maximum Gasteiger partial charge on any atom is 0.215 e. The van der Waals surface area contributed by atoms with E-state index in [0.717, 1.165) is 0 Å². The van der Waals surface area contributed by atoms with Gasteiger partial charge in [0.1, 0.15) is 0 Å². The van der Waals surface area contributed by atoms with Gasteiger partial charge in [0.25, 0.3) is 0 Å². The molecule has 1 aliphatic rings. The van der Waals surface area contributed by atoms with Crippen LogP contribution in [-0.4, -0.2) is 50.8 Å².